The van der Waals surface area contributed by atoms with E-state index >= 15 is 0 Å². The molecule has 0 amide bonds. The van der Waals surface area contributed by atoms with Crippen molar-refractivity contribution in [3.8, 4) is 0 Å². The lowest BCUT2D eigenvalue weighted by Gasteiger charge is -2.10. The molecule has 0 aliphatic rings. The van der Waals surface area contributed by atoms with Crippen LogP contribution in [0.2, 0.25) is 0 Å². The molecule has 2 rings (SSSR count). The smallest absolute Gasteiger partial charge is 0.133 e. The lowest BCUT2D eigenvalue weighted by Crippen LogP contribution is -2.12. The van der Waals surface area contributed by atoms with Gasteiger partial charge in [0, 0.05) is 29.9 Å². The number of aryl methyl sites for hydroxylation is 2. The Morgan fingerprint density at radius 3 is 2.42 bits per heavy atom. The molecule has 1 aromatic heterocycles. The molecule has 3 nitrogen and oxygen atoms in total. The number of nitrogens with one attached hydrogen (secondary N) is 1. The van der Waals surface area contributed by atoms with E-state index in [4.69, 9.17) is 0 Å². The summed E-state index contributed by atoms with van der Waals surface area (Å²) in [5.74, 6) is 0.512. The largest absolute Gasteiger partial charge is 0.316 e. The molecule has 0 atom stereocenters. The molecule has 0 spiro atoms. The summed E-state index contributed by atoms with van der Waals surface area (Å²) in [5, 5.41) is 3.11. The van der Waals surface area contributed by atoms with Crippen LogP contribution in [-0.2, 0) is 13.0 Å². The highest BCUT2D eigenvalue weighted by atomic mass is 19.1. The first kappa shape index (κ1) is 13.6. The maximum Gasteiger partial charge on any atom is 0.133 e. The summed E-state index contributed by atoms with van der Waals surface area (Å²) in [4.78, 5) is 9.01. The Balaban J connectivity index is 2.27. The van der Waals surface area contributed by atoms with E-state index in [0.717, 1.165) is 34.9 Å². The zero-order valence-electron chi connectivity index (χ0n) is 11.5. The van der Waals surface area contributed by atoms with E-state index in [1.165, 1.54) is 12.1 Å². The molecule has 0 bridgehead atoms. The number of hydrogen-bond donors (Lipinski definition) is 1. The van der Waals surface area contributed by atoms with Crippen LogP contribution in [-0.4, -0.2) is 17.0 Å². The van der Waals surface area contributed by atoms with Crippen molar-refractivity contribution in [1.29, 1.82) is 0 Å². The minimum Gasteiger partial charge on any atom is -0.316 e. The van der Waals surface area contributed by atoms with E-state index in [1.807, 2.05) is 27.0 Å². The predicted molar refractivity (Wildman–Crippen MR) is 73.5 cm³/mol. The first-order chi connectivity index (χ1) is 9.10. The lowest BCUT2D eigenvalue weighted by atomic mass is 10.1. The molecule has 4 heteroatoms. The Bertz CT molecular complexity index is 558. The summed E-state index contributed by atoms with van der Waals surface area (Å²) in [6.07, 6.45) is 0.555. The van der Waals surface area contributed by atoms with Crippen molar-refractivity contribution in [3.63, 3.8) is 0 Å². The molecule has 0 saturated heterocycles. The van der Waals surface area contributed by atoms with E-state index < -0.39 is 0 Å². The highest BCUT2D eigenvalue weighted by Crippen LogP contribution is 2.13. The van der Waals surface area contributed by atoms with Crippen molar-refractivity contribution in [1.82, 2.24) is 15.3 Å². The van der Waals surface area contributed by atoms with Crippen LogP contribution in [0.15, 0.2) is 24.3 Å². The molecule has 0 radical (unpaired) electrons. The van der Waals surface area contributed by atoms with Gasteiger partial charge in [-0.25, -0.2) is 14.4 Å². The molecule has 2 aromatic rings. The van der Waals surface area contributed by atoms with Gasteiger partial charge in [0.1, 0.15) is 11.6 Å². The quantitative estimate of drug-likeness (QED) is 0.917. The standard InChI is InChI=1S/C15H18FN3/c1-10-14(9-17-3)11(2)19-15(18-10)8-12-5-4-6-13(16)7-12/h4-7,17H,8-9H2,1-3H3. The fourth-order valence-corrected chi connectivity index (χ4v) is 2.15. The first-order valence-corrected chi connectivity index (χ1v) is 6.32. The Morgan fingerprint density at radius 2 is 1.84 bits per heavy atom. The molecule has 1 aromatic carbocycles. The second-order valence-corrected chi connectivity index (χ2v) is 4.63. The van der Waals surface area contributed by atoms with Gasteiger partial charge in [0.2, 0.25) is 0 Å². The SMILES string of the molecule is CNCc1c(C)nc(Cc2cccc(F)c2)nc1C. The molecular formula is C15H18FN3. The molecule has 0 saturated carbocycles. The normalized spacial score (nSPS) is 10.7. The van der Waals surface area contributed by atoms with Crippen molar-refractivity contribution < 1.29 is 4.39 Å². The summed E-state index contributed by atoms with van der Waals surface area (Å²) in [6, 6.07) is 6.56. The molecule has 1 heterocycles. The second kappa shape index (κ2) is 5.89. The zero-order chi connectivity index (χ0) is 13.8. The number of halogens is 1. The van der Waals surface area contributed by atoms with Gasteiger partial charge in [-0.05, 0) is 38.6 Å². The molecular weight excluding hydrogens is 241 g/mol. The maximum atomic E-state index is 13.1. The zero-order valence-corrected chi connectivity index (χ0v) is 11.5. The van der Waals surface area contributed by atoms with Crippen molar-refractivity contribution >= 4 is 0 Å². The molecule has 0 aliphatic carbocycles. The Labute approximate surface area is 112 Å². The third-order valence-corrected chi connectivity index (χ3v) is 3.07. The summed E-state index contributed by atoms with van der Waals surface area (Å²) in [5.41, 5.74) is 3.98. The molecule has 0 unspecified atom stereocenters. The van der Waals surface area contributed by atoms with E-state index in [0.29, 0.717) is 6.42 Å². The topological polar surface area (TPSA) is 37.8 Å². The molecule has 0 aliphatic heterocycles. The predicted octanol–water partition coefficient (Wildman–Crippen LogP) is 2.54. The van der Waals surface area contributed by atoms with Gasteiger partial charge in [0.15, 0.2) is 0 Å². The minimum atomic E-state index is -0.224. The lowest BCUT2D eigenvalue weighted by molar-refractivity contribution is 0.625. The first-order valence-electron chi connectivity index (χ1n) is 6.32. The van der Waals surface area contributed by atoms with E-state index in [1.54, 1.807) is 6.07 Å². The van der Waals surface area contributed by atoms with Crippen molar-refractivity contribution in [2.45, 2.75) is 26.8 Å². The van der Waals surface area contributed by atoms with E-state index in [9.17, 15) is 4.39 Å². The number of nitrogens with zero attached hydrogens (tertiary/aromatic N) is 2. The van der Waals surface area contributed by atoms with Crippen LogP contribution in [0.3, 0.4) is 0 Å². The van der Waals surface area contributed by atoms with Crippen LogP contribution in [0.1, 0.15) is 28.3 Å². The van der Waals surface area contributed by atoms with Crippen LogP contribution in [0, 0.1) is 19.7 Å². The van der Waals surface area contributed by atoms with Gasteiger partial charge in [-0.2, -0.15) is 0 Å². The molecule has 1 N–H and O–H groups in total. The highest BCUT2D eigenvalue weighted by Gasteiger charge is 2.08. The molecule has 100 valence electrons. The average Bonchev–Trinajstić information content (AvgIpc) is 2.34. The number of benzene rings is 1. The van der Waals surface area contributed by atoms with Gasteiger partial charge in [0.25, 0.3) is 0 Å². The Hall–Kier alpha value is -1.81. The van der Waals surface area contributed by atoms with Crippen molar-refractivity contribution in [2.75, 3.05) is 7.05 Å². The van der Waals surface area contributed by atoms with Crippen LogP contribution in [0.25, 0.3) is 0 Å². The fourth-order valence-electron chi connectivity index (χ4n) is 2.15. The van der Waals surface area contributed by atoms with Crippen molar-refractivity contribution in [2.24, 2.45) is 0 Å². The molecule has 19 heavy (non-hydrogen) atoms. The van der Waals surface area contributed by atoms with Gasteiger partial charge in [-0.15, -0.1) is 0 Å². The monoisotopic (exact) mass is 259 g/mol. The average molecular weight is 259 g/mol. The Morgan fingerprint density at radius 1 is 1.16 bits per heavy atom. The highest BCUT2D eigenvalue weighted by molar-refractivity contribution is 5.26. The van der Waals surface area contributed by atoms with Crippen molar-refractivity contribution in [3.05, 3.63) is 58.4 Å². The van der Waals surface area contributed by atoms with Gasteiger partial charge in [0.05, 0.1) is 0 Å². The van der Waals surface area contributed by atoms with Gasteiger partial charge < -0.3 is 5.32 Å². The maximum absolute atomic E-state index is 13.1. The van der Waals surface area contributed by atoms with Gasteiger partial charge in [-0.3, -0.25) is 0 Å². The molecule has 0 fully saturated rings. The second-order valence-electron chi connectivity index (χ2n) is 4.63. The van der Waals surface area contributed by atoms with E-state index in [-0.39, 0.29) is 5.82 Å². The van der Waals surface area contributed by atoms with Crippen LogP contribution < -0.4 is 5.32 Å². The van der Waals surface area contributed by atoms with Crippen LogP contribution in [0.5, 0.6) is 0 Å². The summed E-state index contributed by atoms with van der Waals surface area (Å²) < 4.78 is 13.1. The minimum absolute atomic E-state index is 0.224. The van der Waals surface area contributed by atoms with Gasteiger partial charge in [-0.1, -0.05) is 12.1 Å². The third kappa shape index (κ3) is 3.35. The summed E-state index contributed by atoms with van der Waals surface area (Å²) in [7, 11) is 1.90. The summed E-state index contributed by atoms with van der Waals surface area (Å²) >= 11 is 0. The number of aromatic nitrogens is 2. The van der Waals surface area contributed by atoms with Crippen LogP contribution >= 0.6 is 0 Å². The van der Waals surface area contributed by atoms with Gasteiger partial charge >= 0.3 is 0 Å². The van der Waals surface area contributed by atoms with Crippen LogP contribution in [0.4, 0.5) is 4.39 Å². The fraction of sp³-hybridized carbons (Fsp3) is 0.333. The number of rotatable bonds is 4. The Kier molecular flexibility index (Phi) is 4.22. The number of hydrogen-bond acceptors (Lipinski definition) is 3. The summed E-state index contributed by atoms with van der Waals surface area (Å²) in [6.45, 7) is 4.73. The van der Waals surface area contributed by atoms with E-state index in [2.05, 4.69) is 15.3 Å². The third-order valence-electron chi connectivity index (χ3n) is 3.07.